The number of nitrogens with zero attached hydrogens (tertiary/aromatic N) is 1. The van der Waals surface area contributed by atoms with Gasteiger partial charge in [0.15, 0.2) is 5.13 Å². The highest BCUT2D eigenvalue weighted by atomic mass is 35.5. The highest BCUT2D eigenvalue weighted by Gasteiger charge is 2.30. The van der Waals surface area contributed by atoms with E-state index in [2.05, 4.69) is 10.3 Å². The first-order valence-corrected chi connectivity index (χ1v) is 8.74. The van der Waals surface area contributed by atoms with Crippen LogP contribution < -0.4 is 11.1 Å². The number of aromatic nitrogens is 1. The maximum atomic E-state index is 13.8. The Hall–Kier alpha value is -1.54. The summed E-state index contributed by atoms with van der Waals surface area (Å²) in [6, 6.07) is 6.68. The Morgan fingerprint density at radius 1 is 1.44 bits per heavy atom. The van der Waals surface area contributed by atoms with Gasteiger partial charge >= 0.3 is 0 Å². The van der Waals surface area contributed by atoms with Gasteiger partial charge in [-0.05, 0) is 31.4 Å². The molecule has 0 radical (unpaired) electrons. The molecule has 0 bridgehead atoms. The van der Waals surface area contributed by atoms with Crippen LogP contribution >= 0.6 is 23.7 Å². The molecular weight excluding hydrogens is 365 g/mol. The van der Waals surface area contributed by atoms with Crippen LogP contribution in [0.2, 0.25) is 0 Å². The second kappa shape index (κ2) is 8.71. The molecule has 3 N–H and O–H groups in total. The van der Waals surface area contributed by atoms with E-state index in [1.807, 2.05) is 13.0 Å². The summed E-state index contributed by atoms with van der Waals surface area (Å²) in [4.78, 5) is 17.5. The first kappa shape index (κ1) is 19.8. The molecule has 0 saturated carbocycles. The molecule has 3 rings (SSSR count). The van der Waals surface area contributed by atoms with Crippen molar-refractivity contribution in [3.05, 3.63) is 46.2 Å². The summed E-state index contributed by atoms with van der Waals surface area (Å²) < 4.78 is 19.4. The van der Waals surface area contributed by atoms with E-state index in [9.17, 15) is 9.18 Å². The SMILES string of the molecule is Cc1nc(NC(=O)[C@@H]2CC[C@H](CN)O2)sc1Cc1ccccc1F.Cl. The smallest absolute Gasteiger partial charge is 0.255 e. The molecule has 1 aliphatic heterocycles. The van der Waals surface area contributed by atoms with Gasteiger partial charge < -0.3 is 10.5 Å². The van der Waals surface area contributed by atoms with Gasteiger partial charge in [-0.25, -0.2) is 9.37 Å². The number of hydrogen-bond donors (Lipinski definition) is 2. The molecule has 0 aliphatic carbocycles. The predicted octanol–water partition coefficient (Wildman–Crippen LogP) is 3.05. The lowest BCUT2D eigenvalue weighted by Crippen LogP contribution is -2.29. The number of aryl methyl sites for hydroxylation is 1. The Kier molecular flexibility index (Phi) is 6.89. The van der Waals surface area contributed by atoms with Crippen LogP contribution in [0.25, 0.3) is 0 Å². The fourth-order valence-electron chi connectivity index (χ4n) is 2.72. The molecule has 2 heterocycles. The first-order valence-electron chi connectivity index (χ1n) is 7.93. The number of halogens is 2. The second-order valence-corrected chi connectivity index (χ2v) is 6.93. The molecule has 2 atom stereocenters. The summed E-state index contributed by atoms with van der Waals surface area (Å²) in [7, 11) is 0. The molecule has 8 heteroatoms. The van der Waals surface area contributed by atoms with Gasteiger partial charge in [-0.1, -0.05) is 18.2 Å². The van der Waals surface area contributed by atoms with Crippen molar-refractivity contribution >= 4 is 34.8 Å². The van der Waals surface area contributed by atoms with E-state index in [-0.39, 0.29) is 30.2 Å². The van der Waals surface area contributed by atoms with Crippen molar-refractivity contribution in [2.45, 2.75) is 38.4 Å². The second-order valence-electron chi connectivity index (χ2n) is 5.84. The quantitative estimate of drug-likeness (QED) is 0.829. The third-order valence-electron chi connectivity index (χ3n) is 4.09. The van der Waals surface area contributed by atoms with Crippen LogP contribution in [0, 0.1) is 12.7 Å². The maximum absolute atomic E-state index is 13.8. The van der Waals surface area contributed by atoms with E-state index in [4.69, 9.17) is 10.5 Å². The van der Waals surface area contributed by atoms with Crippen LogP contribution in [0.5, 0.6) is 0 Å². The van der Waals surface area contributed by atoms with Crippen molar-refractivity contribution in [1.82, 2.24) is 4.98 Å². The summed E-state index contributed by atoms with van der Waals surface area (Å²) in [5.41, 5.74) is 6.97. The number of rotatable bonds is 5. The molecule has 136 valence electrons. The fraction of sp³-hybridized carbons (Fsp3) is 0.412. The van der Waals surface area contributed by atoms with Gasteiger partial charge in [0.1, 0.15) is 11.9 Å². The van der Waals surface area contributed by atoms with Crippen molar-refractivity contribution in [2.24, 2.45) is 5.73 Å². The summed E-state index contributed by atoms with van der Waals surface area (Å²) in [6.07, 6.45) is 1.40. The molecule has 0 unspecified atom stereocenters. The summed E-state index contributed by atoms with van der Waals surface area (Å²) >= 11 is 1.37. The zero-order chi connectivity index (χ0) is 17.1. The molecule has 1 saturated heterocycles. The Morgan fingerprint density at radius 3 is 2.88 bits per heavy atom. The van der Waals surface area contributed by atoms with Crippen LogP contribution in [0.15, 0.2) is 24.3 Å². The van der Waals surface area contributed by atoms with Crippen LogP contribution in [-0.4, -0.2) is 29.6 Å². The van der Waals surface area contributed by atoms with E-state index in [0.29, 0.717) is 30.1 Å². The standard InChI is InChI=1S/C17H20FN3O2S.ClH/c1-10-15(8-11-4-2-3-5-13(11)18)24-17(20-10)21-16(22)14-7-6-12(9-19)23-14;/h2-5,12,14H,6-9,19H2,1H3,(H,20,21,22);1H/t12-,14+;/m1./s1. The molecule has 5 nitrogen and oxygen atoms in total. The maximum Gasteiger partial charge on any atom is 0.255 e. The number of amides is 1. The van der Waals surface area contributed by atoms with E-state index in [1.54, 1.807) is 12.1 Å². The number of carbonyl (C=O) groups excluding carboxylic acids is 1. The lowest BCUT2D eigenvalue weighted by molar-refractivity contribution is -0.126. The third-order valence-corrected chi connectivity index (χ3v) is 5.17. The first-order chi connectivity index (χ1) is 11.6. The molecule has 1 aliphatic rings. The van der Waals surface area contributed by atoms with E-state index < -0.39 is 6.10 Å². The van der Waals surface area contributed by atoms with Gasteiger partial charge in [-0.15, -0.1) is 23.7 Å². The molecule has 2 aromatic rings. The minimum Gasteiger partial charge on any atom is -0.364 e. The normalized spacial score (nSPS) is 19.5. The summed E-state index contributed by atoms with van der Waals surface area (Å²) in [5.74, 6) is -0.430. The van der Waals surface area contributed by atoms with Crippen molar-refractivity contribution in [3.8, 4) is 0 Å². The van der Waals surface area contributed by atoms with Crippen LogP contribution in [0.3, 0.4) is 0 Å². The lowest BCUT2D eigenvalue weighted by atomic mass is 10.1. The molecule has 25 heavy (non-hydrogen) atoms. The predicted molar refractivity (Wildman–Crippen MR) is 98.9 cm³/mol. The minimum absolute atomic E-state index is 0. The Balaban J connectivity index is 0.00000225. The Morgan fingerprint density at radius 2 is 2.20 bits per heavy atom. The minimum atomic E-state index is -0.474. The average molecular weight is 386 g/mol. The van der Waals surface area contributed by atoms with Gasteiger partial charge in [0.05, 0.1) is 11.8 Å². The Labute approximate surface area is 156 Å². The number of anilines is 1. The van der Waals surface area contributed by atoms with Crippen molar-refractivity contribution in [2.75, 3.05) is 11.9 Å². The summed E-state index contributed by atoms with van der Waals surface area (Å²) in [5, 5.41) is 3.32. The van der Waals surface area contributed by atoms with Crippen LogP contribution in [-0.2, 0) is 16.0 Å². The Bertz CT molecular complexity index is 740. The van der Waals surface area contributed by atoms with Crippen molar-refractivity contribution in [3.63, 3.8) is 0 Å². The van der Waals surface area contributed by atoms with E-state index >= 15 is 0 Å². The van der Waals surface area contributed by atoms with Crippen LogP contribution in [0.4, 0.5) is 9.52 Å². The third kappa shape index (κ3) is 4.76. The number of carbonyl (C=O) groups is 1. The van der Waals surface area contributed by atoms with Gasteiger partial charge in [0, 0.05) is 17.8 Å². The largest absolute Gasteiger partial charge is 0.364 e. The lowest BCUT2D eigenvalue weighted by Gasteiger charge is -2.11. The number of thiazole rings is 1. The summed E-state index contributed by atoms with van der Waals surface area (Å²) in [6.45, 7) is 2.28. The molecule has 1 aromatic heterocycles. The molecular formula is C17H21ClFN3O2S. The highest BCUT2D eigenvalue weighted by molar-refractivity contribution is 7.15. The van der Waals surface area contributed by atoms with Gasteiger partial charge in [-0.2, -0.15) is 0 Å². The molecule has 1 aromatic carbocycles. The van der Waals surface area contributed by atoms with E-state index in [0.717, 1.165) is 17.0 Å². The molecule has 0 spiro atoms. The number of ether oxygens (including phenoxy) is 1. The number of benzene rings is 1. The van der Waals surface area contributed by atoms with Gasteiger partial charge in [0.2, 0.25) is 0 Å². The van der Waals surface area contributed by atoms with Crippen LogP contribution in [0.1, 0.15) is 29.0 Å². The van der Waals surface area contributed by atoms with Gasteiger partial charge in [-0.3, -0.25) is 10.1 Å². The topological polar surface area (TPSA) is 77.2 Å². The fourth-order valence-corrected chi connectivity index (χ4v) is 3.71. The van der Waals surface area contributed by atoms with Crippen molar-refractivity contribution in [1.29, 1.82) is 0 Å². The number of nitrogens with two attached hydrogens (primary N) is 1. The highest BCUT2D eigenvalue weighted by Crippen LogP contribution is 2.27. The van der Waals surface area contributed by atoms with Crippen molar-refractivity contribution < 1.29 is 13.9 Å². The van der Waals surface area contributed by atoms with E-state index in [1.165, 1.54) is 17.4 Å². The average Bonchev–Trinajstić information content (AvgIpc) is 3.17. The molecule has 1 fully saturated rings. The monoisotopic (exact) mass is 385 g/mol. The van der Waals surface area contributed by atoms with Gasteiger partial charge in [0.25, 0.3) is 5.91 Å². The number of nitrogens with one attached hydrogen (secondary N) is 1. The number of hydrogen-bond acceptors (Lipinski definition) is 5. The zero-order valence-electron chi connectivity index (χ0n) is 13.8. The molecule has 1 amide bonds. The zero-order valence-corrected chi connectivity index (χ0v) is 15.5.